The van der Waals surface area contributed by atoms with E-state index in [4.69, 9.17) is 0 Å². The van der Waals surface area contributed by atoms with Crippen molar-refractivity contribution in [3.63, 3.8) is 0 Å². The Hall–Kier alpha value is -1.15. The highest BCUT2D eigenvalue weighted by Gasteiger charge is 2.03. The summed E-state index contributed by atoms with van der Waals surface area (Å²) in [5.74, 6) is 0. The highest BCUT2D eigenvalue weighted by Crippen LogP contribution is 2.07. The van der Waals surface area contributed by atoms with Gasteiger partial charge in [0, 0.05) is 18.8 Å². The monoisotopic (exact) mass is 176 g/mol. The van der Waals surface area contributed by atoms with Gasteiger partial charge in [-0.15, -0.1) is 0 Å². The van der Waals surface area contributed by atoms with Gasteiger partial charge in [-0.2, -0.15) is 0 Å². The van der Waals surface area contributed by atoms with Crippen molar-refractivity contribution in [3.05, 3.63) is 42.2 Å². The molecule has 1 aromatic rings. The fourth-order valence-electron chi connectivity index (χ4n) is 1.06. The van der Waals surface area contributed by atoms with Crippen molar-refractivity contribution in [2.45, 2.75) is 19.9 Å². The summed E-state index contributed by atoms with van der Waals surface area (Å²) in [6.45, 7) is 8.80. The Kier molecular flexibility index (Phi) is 3.65. The van der Waals surface area contributed by atoms with Crippen LogP contribution in [0.2, 0.25) is 0 Å². The molecule has 1 rings (SSSR count). The van der Waals surface area contributed by atoms with Crippen LogP contribution >= 0.6 is 0 Å². The zero-order valence-corrected chi connectivity index (χ0v) is 8.25. The average Bonchev–Trinajstić information content (AvgIpc) is 2.15. The Labute approximate surface area is 79.7 Å². The van der Waals surface area contributed by atoms with Crippen LogP contribution in [0.3, 0.4) is 0 Å². The Morgan fingerprint density at radius 3 is 2.92 bits per heavy atom. The van der Waals surface area contributed by atoms with Gasteiger partial charge in [0.1, 0.15) is 0 Å². The van der Waals surface area contributed by atoms with Crippen LogP contribution in [0.5, 0.6) is 0 Å². The van der Waals surface area contributed by atoms with Gasteiger partial charge in [0.05, 0.1) is 5.69 Å². The number of nitrogens with one attached hydrogen (secondary N) is 1. The second kappa shape index (κ2) is 4.77. The lowest BCUT2D eigenvalue weighted by Crippen LogP contribution is -2.20. The largest absolute Gasteiger partial charge is 0.305 e. The zero-order valence-electron chi connectivity index (χ0n) is 8.25. The highest BCUT2D eigenvalue weighted by atomic mass is 14.9. The standard InChI is InChI=1S/C11H16N2/c1-9(2)8-13-10(3)11-6-4-5-7-12-11/h4-7,10,13H,1,8H2,2-3H3/t10-/m1/s1. The first-order chi connectivity index (χ1) is 6.20. The van der Waals surface area contributed by atoms with Crippen LogP contribution in [-0.4, -0.2) is 11.5 Å². The molecule has 0 aliphatic carbocycles. The molecule has 0 saturated heterocycles. The van der Waals surface area contributed by atoms with Crippen molar-refractivity contribution in [2.75, 3.05) is 6.54 Å². The minimum Gasteiger partial charge on any atom is -0.305 e. The summed E-state index contributed by atoms with van der Waals surface area (Å²) < 4.78 is 0. The maximum absolute atomic E-state index is 4.26. The van der Waals surface area contributed by atoms with Gasteiger partial charge in [0.15, 0.2) is 0 Å². The second-order valence-electron chi connectivity index (χ2n) is 3.31. The number of rotatable bonds is 4. The van der Waals surface area contributed by atoms with E-state index in [0.29, 0.717) is 0 Å². The molecule has 0 unspecified atom stereocenters. The molecule has 1 aromatic heterocycles. The molecular weight excluding hydrogens is 160 g/mol. The Morgan fingerprint density at radius 2 is 2.38 bits per heavy atom. The molecule has 0 aliphatic rings. The van der Waals surface area contributed by atoms with Gasteiger partial charge in [-0.3, -0.25) is 4.98 Å². The van der Waals surface area contributed by atoms with E-state index in [-0.39, 0.29) is 6.04 Å². The van der Waals surface area contributed by atoms with Crippen LogP contribution in [-0.2, 0) is 0 Å². The number of hydrogen-bond donors (Lipinski definition) is 1. The minimum atomic E-state index is 0.290. The molecule has 0 aromatic carbocycles. The summed E-state index contributed by atoms with van der Waals surface area (Å²) in [6, 6.07) is 6.24. The molecule has 2 heteroatoms. The molecule has 0 aliphatic heterocycles. The third-order valence-electron chi connectivity index (χ3n) is 1.84. The smallest absolute Gasteiger partial charge is 0.0570 e. The predicted molar refractivity (Wildman–Crippen MR) is 55.5 cm³/mol. The summed E-state index contributed by atoms with van der Waals surface area (Å²) in [7, 11) is 0. The van der Waals surface area contributed by atoms with Crippen molar-refractivity contribution < 1.29 is 0 Å². The maximum Gasteiger partial charge on any atom is 0.0570 e. The van der Waals surface area contributed by atoms with E-state index in [2.05, 4.69) is 23.8 Å². The van der Waals surface area contributed by atoms with Crippen LogP contribution < -0.4 is 5.32 Å². The molecule has 2 nitrogen and oxygen atoms in total. The molecule has 0 radical (unpaired) electrons. The summed E-state index contributed by atoms with van der Waals surface area (Å²) in [5.41, 5.74) is 2.21. The Morgan fingerprint density at radius 1 is 1.62 bits per heavy atom. The van der Waals surface area contributed by atoms with Crippen LogP contribution in [0.1, 0.15) is 25.6 Å². The van der Waals surface area contributed by atoms with Gasteiger partial charge in [-0.05, 0) is 26.0 Å². The lowest BCUT2D eigenvalue weighted by atomic mass is 10.2. The maximum atomic E-state index is 4.26. The summed E-state index contributed by atoms with van der Waals surface area (Å²) in [4.78, 5) is 4.26. The van der Waals surface area contributed by atoms with E-state index in [1.165, 1.54) is 0 Å². The lowest BCUT2D eigenvalue weighted by molar-refractivity contribution is 0.592. The van der Waals surface area contributed by atoms with E-state index in [1.807, 2.05) is 31.3 Å². The number of nitrogens with zero attached hydrogens (tertiary/aromatic N) is 1. The van der Waals surface area contributed by atoms with Crippen molar-refractivity contribution in [3.8, 4) is 0 Å². The number of aromatic nitrogens is 1. The van der Waals surface area contributed by atoms with Crippen molar-refractivity contribution in [2.24, 2.45) is 0 Å². The molecule has 0 saturated carbocycles. The molecule has 0 bridgehead atoms. The lowest BCUT2D eigenvalue weighted by Gasteiger charge is -2.12. The van der Waals surface area contributed by atoms with E-state index in [1.54, 1.807) is 0 Å². The first kappa shape index (κ1) is 9.93. The third-order valence-corrected chi connectivity index (χ3v) is 1.84. The molecule has 0 fully saturated rings. The molecule has 1 heterocycles. The second-order valence-corrected chi connectivity index (χ2v) is 3.31. The normalized spacial score (nSPS) is 12.5. The molecular formula is C11H16N2. The van der Waals surface area contributed by atoms with Crippen molar-refractivity contribution in [1.82, 2.24) is 10.3 Å². The van der Waals surface area contributed by atoms with Gasteiger partial charge in [-0.1, -0.05) is 18.2 Å². The van der Waals surface area contributed by atoms with E-state index < -0.39 is 0 Å². The van der Waals surface area contributed by atoms with Crippen LogP contribution in [0, 0.1) is 0 Å². The van der Waals surface area contributed by atoms with Gasteiger partial charge in [0.25, 0.3) is 0 Å². The summed E-state index contributed by atoms with van der Waals surface area (Å²) >= 11 is 0. The Bertz CT molecular complexity index is 267. The van der Waals surface area contributed by atoms with E-state index >= 15 is 0 Å². The first-order valence-electron chi connectivity index (χ1n) is 4.49. The quantitative estimate of drug-likeness (QED) is 0.712. The first-order valence-corrected chi connectivity index (χ1v) is 4.49. The van der Waals surface area contributed by atoms with Gasteiger partial charge in [-0.25, -0.2) is 0 Å². The molecule has 0 amide bonds. The van der Waals surface area contributed by atoms with E-state index in [9.17, 15) is 0 Å². The minimum absolute atomic E-state index is 0.290. The Balaban J connectivity index is 2.49. The molecule has 1 N–H and O–H groups in total. The van der Waals surface area contributed by atoms with E-state index in [0.717, 1.165) is 17.8 Å². The number of pyridine rings is 1. The topological polar surface area (TPSA) is 24.9 Å². The number of hydrogen-bond acceptors (Lipinski definition) is 2. The van der Waals surface area contributed by atoms with Gasteiger partial charge < -0.3 is 5.32 Å². The summed E-state index contributed by atoms with van der Waals surface area (Å²) in [6.07, 6.45) is 1.81. The predicted octanol–water partition coefficient (Wildman–Crippen LogP) is 2.31. The fourth-order valence-corrected chi connectivity index (χ4v) is 1.06. The highest BCUT2D eigenvalue weighted by molar-refractivity contribution is 5.08. The van der Waals surface area contributed by atoms with Crippen molar-refractivity contribution in [1.29, 1.82) is 0 Å². The molecule has 13 heavy (non-hydrogen) atoms. The van der Waals surface area contributed by atoms with Gasteiger partial charge in [0.2, 0.25) is 0 Å². The van der Waals surface area contributed by atoms with Crippen LogP contribution in [0.15, 0.2) is 36.5 Å². The zero-order chi connectivity index (χ0) is 9.68. The molecule has 1 atom stereocenters. The fraction of sp³-hybridized carbons (Fsp3) is 0.364. The molecule has 0 spiro atoms. The van der Waals surface area contributed by atoms with Crippen LogP contribution in [0.25, 0.3) is 0 Å². The van der Waals surface area contributed by atoms with Crippen molar-refractivity contribution >= 4 is 0 Å². The SMILES string of the molecule is C=C(C)CN[C@H](C)c1ccccn1. The van der Waals surface area contributed by atoms with Gasteiger partial charge >= 0.3 is 0 Å². The van der Waals surface area contributed by atoms with Crippen LogP contribution in [0.4, 0.5) is 0 Å². The average molecular weight is 176 g/mol. The molecule has 70 valence electrons. The summed E-state index contributed by atoms with van der Waals surface area (Å²) in [5, 5.41) is 3.34. The third kappa shape index (κ3) is 3.38.